The number of sulfonamides is 1. The standard InChI is InChI=1S/C19H17ClN2O4S2/c1-12-7-8-16(26-2)15(11-12)21-19(23)13-5-3-4-6-14(13)22-28(24,25)18-10-9-17(20)27-18/h3-11,22H,1-2H3,(H,21,23)/p-1. The quantitative estimate of drug-likeness (QED) is 0.468. The summed E-state index contributed by atoms with van der Waals surface area (Å²) in [7, 11) is -2.39. The van der Waals surface area contributed by atoms with Gasteiger partial charge in [0, 0.05) is 5.56 Å². The summed E-state index contributed by atoms with van der Waals surface area (Å²) in [4.78, 5) is 4.11. The van der Waals surface area contributed by atoms with Gasteiger partial charge in [0.05, 0.1) is 17.1 Å². The fourth-order valence-electron chi connectivity index (χ4n) is 2.45. The van der Waals surface area contributed by atoms with E-state index in [0.29, 0.717) is 15.8 Å². The zero-order valence-corrected chi connectivity index (χ0v) is 17.4. The highest BCUT2D eigenvalue weighted by Crippen LogP contribution is 2.30. The van der Waals surface area contributed by atoms with E-state index in [1.807, 2.05) is 13.0 Å². The van der Waals surface area contributed by atoms with E-state index in [2.05, 4.69) is 9.71 Å². The fraction of sp³-hybridized carbons (Fsp3) is 0.105. The molecule has 0 radical (unpaired) electrons. The van der Waals surface area contributed by atoms with Crippen LogP contribution in [0.4, 0.5) is 11.4 Å². The van der Waals surface area contributed by atoms with Crippen LogP contribution in [-0.4, -0.2) is 21.4 Å². The van der Waals surface area contributed by atoms with Crippen molar-refractivity contribution in [2.24, 2.45) is 4.99 Å². The molecule has 9 heteroatoms. The Morgan fingerprint density at radius 2 is 1.93 bits per heavy atom. The Morgan fingerprint density at radius 1 is 1.18 bits per heavy atom. The molecule has 3 rings (SSSR count). The van der Waals surface area contributed by atoms with Crippen molar-refractivity contribution >= 4 is 50.2 Å². The molecular weight excluding hydrogens is 420 g/mol. The summed E-state index contributed by atoms with van der Waals surface area (Å²) in [6, 6.07) is 14.5. The molecule has 1 aromatic heterocycles. The molecule has 3 aromatic rings. The fourth-order valence-corrected chi connectivity index (χ4v) is 5.02. The minimum atomic E-state index is -3.88. The second-order valence-electron chi connectivity index (χ2n) is 5.80. The molecule has 146 valence electrons. The van der Waals surface area contributed by atoms with Crippen LogP contribution in [0.2, 0.25) is 4.34 Å². The van der Waals surface area contributed by atoms with Crippen LogP contribution >= 0.6 is 22.9 Å². The summed E-state index contributed by atoms with van der Waals surface area (Å²) in [5.74, 6) is -0.142. The number of anilines is 1. The van der Waals surface area contributed by atoms with Crippen molar-refractivity contribution < 1.29 is 18.3 Å². The van der Waals surface area contributed by atoms with Gasteiger partial charge >= 0.3 is 0 Å². The average Bonchev–Trinajstić information content (AvgIpc) is 3.09. The van der Waals surface area contributed by atoms with Gasteiger partial charge in [-0.3, -0.25) is 9.71 Å². The van der Waals surface area contributed by atoms with Crippen molar-refractivity contribution in [1.82, 2.24) is 0 Å². The number of rotatable bonds is 6. The van der Waals surface area contributed by atoms with Crippen LogP contribution in [0.15, 0.2) is 63.8 Å². The number of ether oxygens (including phenoxy) is 1. The predicted octanol–water partition coefficient (Wildman–Crippen LogP) is 3.96. The maximum atomic E-state index is 12.8. The molecule has 0 spiro atoms. The zero-order chi connectivity index (χ0) is 20.3. The molecule has 1 N–H and O–H groups in total. The molecule has 2 aromatic carbocycles. The highest BCUT2D eigenvalue weighted by molar-refractivity contribution is 7.94. The SMILES string of the molecule is COc1ccc(C)cc1N=C([O-])c1ccccc1NS(=O)(=O)c1ccc(Cl)s1. The minimum Gasteiger partial charge on any atom is -0.858 e. The summed E-state index contributed by atoms with van der Waals surface area (Å²) in [5, 5.41) is 12.8. The van der Waals surface area contributed by atoms with E-state index in [1.165, 1.54) is 31.4 Å². The number of aliphatic imine (C=N–C) groups is 1. The largest absolute Gasteiger partial charge is 0.858 e. The third kappa shape index (κ3) is 4.46. The van der Waals surface area contributed by atoms with Crippen molar-refractivity contribution in [3.63, 3.8) is 0 Å². The molecule has 0 atom stereocenters. The van der Waals surface area contributed by atoms with E-state index >= 15 is 0 Å². The lowest BCUT2D eigenvalue weighted by molar-refractivity contribution is -0.212. The van der Waals surface area contributed by atoms with Gasteiger partial charge in [-0.15, -0.1) is 11.3 Å². The number of para-hydroxylation sites is 1. The number of hydrogen-bond donors (Lipinski definition) is 1. The number of methoxy groups -OCH3 is 1. The lowest BCUT2D eigenvalue weighted by Gasteiger charge is -2.17. The molecule has 0 fully saturated rings. The maximum absolute atomic E-state index is 12.8. The summed E-state index contributed by atoms with van der Waals surface area (Å²) < 4.78 is 33.2. The second-order valence-corrected chi connectivity index (χ2v) is 9.43. The van der Waals surface area contributed by atoms with Crippen LogP contribution in [0.25, 0.3) is 0 Å². The van der Waals surface area contributed by atoms with Crippen LogP contribution in [0.5, 0.6) is 5.75 Å². The van der Waals surface area contributed by atoms with Gasteiger partial charge in [0.2, 0.25) is 0 Å². The number of thiophene rings is 1. The number of hydrogen-bond acceptors (Lipinski definition) is 6. The number of halogens is 1. The summed E-state index contributed by atoms with van der Waals surface area (Å²) >= 11 is 6.76. The molecule has 0 amide bonds. The Labute approximate surface area is 172 Å². The lowest BCUT2D eigenvalue weighted by atomic mass is 10.1. The van der Waals surface area contributed by atoms with Crippen LogP contribution < -0.4 is 14.6 Å². The molecule has 1 heterocycles. The molecule has 0 saturated carbocycles. The zero-order valence-electron chi connectivity index (χ0n) is 15.0. The van der Waals surface area contributed by atoms with Crippen molar-refractivity contribution in [3.8, 4) is 5.75 Å². The first kappa shape index (κ1) is 20.2. The third-order valence-electron chi connectivity index (χ3n) is 3.77. The van der Waals surface area contributed by atoms with Gasteiger partial charge in [0.1, 0.15) is 15.6 Å². The molecule has 28 heavy (non-hydrogen) atoms. The molecule has 0 bridgehead atoms. The van der Waals surface area contributed by atoms with Crippen LogP contribution in [0.1, 0.15) is 11.1 Å². The first-order valence-corrected chi connectivity index (χ1v) is 10.8. The Kier molecular flexibility index (Phi) is 5.93. The second kappa shape index (κ2) is 8.22. The van der Waals surface area contributed by atoms with Gasteiger partial charge in [-0.1, -0.05) is 35.9 Å². The normalized spacial score (nSPS) is 12.0. The molecule has 0 aliphatic heterocycles. The average molecular weight is 436 g/mol. The van der Waals surface area contributed by atoms with E-state index in [1.54, 1.807) is 24.3 Å². The Balaban J connectivity index is 1.99. The number of nitrogens with zero attached hydrogens (tertiary/aromatic N) is 1. The minimum absolute atomic E-state index is 0.0528. The number of aryl methyl sites for hydroxylation is 1. The topological polar surface area (TPSA) is 90.8 Å². The van der Waals surface area contributed by atoms with Gasteiger partial charge in [0.15, 0.2) is 0 Å². The Morgan fingerprint density at radius 3 is 2.61 bits per heavy atom. The number of benzene rings is 2. The summed E-state index contributed by atoms with van der Waals surface area (Å²) in [6.07, 6.45) is 0. The van der Waals surface area contributed by atoms with E-state index in [0.717, 1.165) is 16.9 Å². The monoisotopic (exact) mass is 435 g/mol. The van der Waals surface area contributed by atoms with Crippen LogP contribution in [-0.2, 0) is 10.0 Å². The van der Waals surface area contributed by atoms with E-state index in [9.17, 15) is 13.5 Å². The molecule has 0 aliphatic carbocycles. The lowest BCUT2D eigenvalue weighted by Crippen LogP contribution is -2.22. The smallest absolute Gasteiger partial charge is 0.271 e. The van der Waals surface area contributed by atoms with Gasteiger partial charge in [0.25, 0.3) is 10.0 Å². The predicted molar refractivity (Wildman–Crippen MR) is 111 cm³/mol. The first-order chi connectivity index (χ1) is 13.3. The van der Waals surface area contributed by atoms with E-state index in [4.69, 9.17) is 16.3 Å². The summed E-state index contributed by atoms with van der Waals surface area (Å²) in [6.45, 7) is 1.87. The van der Waals surface area contributed by atoms with Crippen molar-refractivity contribution in [3.05, 3.63) is 70.1 Å². The van der Waals surface area contributed by atoms with Crippen molar-refractivity contribution in [2.75, 3.05) is 11.8 Å². The molecular formula is C19H16ClN2O4S2-. The molecule has 0 unspecified atom stereocenters. The number of nitrogens with one attached hydrogen (secondary N) is 1. The van der Waals surface area contributed by atoms with Crippen LogP contribution in [0, 0.1) is 6.92 Å². The molecule has 6 nitrogen and oxygen atoms in total. The highest BCUT2D eigenvalue weighted by Gasteiger charge is 2.18. The van der Waals surface area contributed by atoms with Gasteiger partial charge in [-0.05, 0) is 48.7 Å². The van der Waals surface area contributed by atoms with E-state index < -0.39 is 15.9 Å². The van der Waals surface area contributed by atoms with Gasteiger partial charge < -0.3 is 9.84 Å². The Bertz CT molecular complexity index is 1140. The first-order valence-electron chi connectivity index (χ1n) is 8.08. The molecule has 0 aliphatic rings. The Hall–Kier alpha value is -2.55. The highest BCUT2D eigenvalue weighted by atomic mass is 35.5. The third-order valence-corrected chi connectivity index (χ3v) is 6.86. The summed E-state index contributed by atoms with van der Waals surface area (Å²) in [5.41, 5.74) is 1.54. The van der Waals surface area contributed by atoms with Crippen molar-refractivity contribution in [2.45, 2.75) is 11.1 Å². The van der Waals surface area contributed by atoms with Gasteiger partial charge in [-0.2, -0.15) is 0 Å². The maximum Gasteiger partial charge on any atom is 0.271 e. The molecule has 0 saturated heterocycles. The van der Waals surface area contributed by atoms with E-state index in [-0.39, 0.29) is 15.5 Å². The van der Waals surface area contributed by atoms with Crippen molar-refractivity contribution in [1.29, 1.82) is 0 Å². The van der Waals surface area contributed by atoms with Gasteiger partial charge in [-0.25, -0.2) is 8.42 Å². The van der Waals surface area contributed by atoms with Crippen LogP contribution in [0.3, 0.4) is 0 Å².